The summed E-state index contributed by atoms with van der Waals surface area (Å²) in [6, 6.07) is 2.37. The van der Waals surface area contributed by atoms with E-state index in [-0.39, 0.29) is 0 Å². The number of nitrogens with one attached hydrogen (secondary N) is 1. The van der Waals surface area contributed by atoms with Gasteiger partial charge in [0.15, 0.2) is 5.96 Å². The minimum Gasteiger partial charge on any atom is -0.370 e. The molecular formula is C11H21N5. The number of nitrogens with two attached hydrogens (primary N) is 1. The zero-order valence-corrected chi connectivity index (χ0v) is 10.3. The highest BCUT2D eigenvalue weighted by molar-refractivity contribution is 5.78. The Hall–Kier alpha value is -1.52. The van der Waals surface area contributed by atoms with Crippen LogP contribution in [0.1, 0.15) is 26.0 Å². The van der Waals surface area contributed by atoms with E-state index in [9.17, 15) is 0 Å². The van der Waals surface area contributed by atoms with E-state index in [1.165, 1.54) is 5.69 Å². The number of rotatable bonds is 5. The third-order valence-corrected chi connectivity index (χ3v) is 2.58. The van der Waals surface area contributed by atoms with Gasteiger partial charge in [-0.25, -0.2) is 0 Å². The zero-order valence-electron chi connectivity index (χ0n) is 10.3. The molecule has 0 saturated heterocycles. The van der Waals surface area contributed by atoms with Gasteiger partial charge in [-0.15, -0.1) is 0 Å². The van der Waals surface area contributed by atoms with Crippen LogP contribution in [0.3, 0.4) is 0 Å². The predicted molar refractivity (Wildman–Crippen MR) is 66.3 cm³/mol. The van der Waals surface area contributed by atoms with Crippen molar-refractivity contribution in [1.82, 2.24) is 15.1 Å². The van der Waals surface area contributed by atoms with Crippen LogP contribution in [0.2, 0.25) is 0 Å². The molecule has 0 saturated carbocycles. The lowest BCUT2D eigenvalue weighted by molar-refractivity contribution is 0.635. The van der Waals surface area contributed by atoms with Crippen molar-refractivity contribution in [2.75, 3.05) is 6.54 Å². The van der Waals surface area contributed by atoms with Crippen LogP contribution in [0, 0.1) is 0 Å². The summed E-state index contributed by atoms with van der Waals surface area (Å²) in [4.78, 5) is 4.27. The Morgan fingerprint density at radius 2 is 2.44 bits per heavy atom. The van der Waals surface area contributed by atoms with Crippen molar-refractivity contribution in [2.24, 2.45) is 17.8 Å². The van der Waals surface area contributed by atoms with Crippen molar-refractivity contribution in [3.05, 3.63) is 18.0 Å². The lowest BCUT2D eigenvalue weighted by Crippen LogP contribution is -2.38. The molecule has 1 rings (SSSR count). The quantitative estimate of drug-likeness (QED) is 0.569. The van der Waals surface area contributed by atoms with Crippen molar-refractivity contribution in [2.45, 2.75) is 32.7 Å². The molecule has 1 aromatic rings. The highest BCUT2D eigenvalue weighted by Gasteiger charge is 2.00. The lowest BCUT2D eigenvalue weighted by atomic mass is 10.3. The number of aryl methyl sites for hydroxylation is 1. The summed E-state index contributed by atoms with van der Waals surface area (Å²) < 4.78 is 1.85. The minimum atomic E-state index is 0.375. The molecular weight excluding hydrogens is 202 g/mol. The predicted octanol–water partition coefficient (Wildman–Crippen LogP) is 0.665. The molecule has 1 aromatic heterocycles. The van der Waals surface area contributed by atoms with Crippen LogP contribution >= 0.6 is 0 Å². The van der Waals surface area contributed by atoms with E-state index in [1.807, 2.05) is 17.8 Å². The number of hydrogen-bond acceptors (Lipinski definition) is 2. The van der Waals surface area contributed by atoms with Crippen molar-refractivity contribution < 1.29 is 0 Å². The van der Waals surface area contributed by atoms with Crippen molar-refractivity contribution in [3.63, 3.8) is 0 Å². The van der Waals surface area contributed by atoms with E-state index in [1.54, 1.807) is 6.20 Å². The summed E-state index contributed by atoms with van der Waals surface area (Å²) in [6.45, 7) is 4.89. The maximum Gasteiger partial charge on any atom is 0.188 e. The first-order valence-electron chi connectivity index (χ1n) is 5.66. The maximum atomic E-state index is 5.74. The molecule has 0 radical (unpaired) electrons. The molecule has 1 unspecified atom stereocenters. The van der Waals surface area contributed by atoms with E-state index in [4.69, 9.17) is 5.73 Å². The van der Waals surface area contributed by atoms with E-state index in [0.717, 1.165) is 12.8 Å². The summed E-state index contributed by atoms with van der Waals surface area (Å²) in [7, 11) is 1.93. The first-order chi connectivity index (χ1) is 7.63. The fraction of sp³-hybridized carbons (Fsp3) is 0.636. The Labute approximate surface area is 96.7 Å². The van der Waals surface area contributed by atoms with Crippen LogP contribution < -0.4 is 11.1 Å². The second kappa shape index (κ2) is 6.15. The molecule has 1 heterocycles. The second-order valence-corrected chi connectivity index (χ2v) is 3.92. The Morgan fingerprint density at radius 3 is 3.00 bits per heavy atom. The van der Waals surface area contributed by atoms with Gasteiger partial charge < -0.3 is 11.1 Å². The fourth-order valence-corrected chi connectivity index (χ4v) is 1.34. The lowest BCUT2D eigenvalue weighted by Gasteiger charge is -2.11. The first kappa shape index (κ1) is 12.5. The molecule has 90 valence electrons. The molecule has 0 aliphatic carbocycles. The SMILES string of the molecule is CCC(C)NC(N)=NCCc1ccnn1C. The molecule has 5 nitrogen and oxygen atoms in total. The van der Waals surface area contributed by atoms with Gasteiger partial charge in [0.1, 0.15) is 0 Å². The minimum absolute atomic E-state index is 0.375. The monoisotopic (exact) mass is 223 g/mol. The van der Waals surface area contributed by atoms with Gasteiger partial charge in [0, 0.05) is 37.9 Å². The molecule has 0 fully saturated rings. The smallest absolute Gasteiger partial charge is 0.188 e. The first-order valence-corrected chi connectivity index (χ1v) is 5.66. The molecule has 5 heteroatoms. The molecule has 0 amide bonds. The van der Waals surface area contributed by atoms with Gasteiger partial charge in [-0.05, 0) is 19.4 Å². The van der Waals surface area contributed by atoms with E-state index >= 15 is 0 Å². The molecule has 16 heavy (non-hydrogen) atoms. The summed E-state index contributed by atoms with van der Waals surface area (Å²) >= 11 is 0. The number of nitrogens with zero attached hydrogens (tertiary/aromatic N) is 3. The second-order valence-electron chi connectivity index (χ2n) is 3.92. The van der Waals surface area contributed by atoms with Crippen LogP contribution in [0.15, 0.2) is 17.3 Å². The van der Waals surface area contributed by atoms with Crippen molar-refractivity contribution in [3.8, 4) is 0 Å². The van der Waals surface area contributed by atoms with Gasteiger partial charge in [-0.2, -0.15) is 5.10 Å². The summed E-state index contributed by atoms with van der Waals surface area (Å²) in [5.74, 6) is 0.525. The molecule has 3 N–H and O–H groups in total. The topological polar surface area (TPSA) is 68.2 Å². The summed E-state index contributed by atoms with van der Waals surface area (Å²) in [5, 5.41) is 7.23. The Bertz CT molecular complexity index is 342. The van der Waals surface area contributed by atoms with Gasteiger partial charge in [-0.1, -0.05) is 6.92 Å². The molecule has 0 aromatic carbocycles. The molecule has 0 spiro atoms. The molecule has 0 bridgehead atoms. The van der Waals surface area contributed by atoms with Crippen LogP contribution in [0.5, 0.6) is 0 Å². The Kier molecular flexibility index (Phi) is 4.82. The largest absolute Gasteiger partial charge is 0.370 e. The molecule has 0 aliphatic heterocycles. The highest BCUT2D eigenvalue weighted by Crippen LogP contribution is 1.97. The van der Waals surface area contributed by atoms with Gasteiger partial charge in [0.25, 0.3) is 0 Å². The number of hydrogen-bond donors (Lipinski definition) is 2. The van der Waals surface area contributed by atoms with Gasteiger partial charge in [0.05, 0.1) is 0 Å². The van der Waals surface area contributed by atoms with Gasteiger partial charge in [0.2, 0.25) is 0 Å². The normalized spacial score (nSPS) is 13.8. The van der Waals surface area contributed by atoms with E-state index in [2.05, 4.69) is 29.3 Å². The van der Waals surface area contributed by atoms with Crippen molar-refractivity contribution in [1.29, 1.82) is 0 Å². The van der Waals surface area contributed by atoms with Crippen LogP contribution in [-0.4, -0.2) is 28.3 Å². The Balaban J connectivity index is 2.34. The van der Waals surface area contributed by atoms with E-state index in [0.29, 0.717) is 18.5 Å². The average molecular weight is 223 g/mol. The third-order valence-electron chi connectivity index (χ3n) is 2.58. The number of aliphatic imine (C=N–C) groups is 1. The van der Waals surface area contributed by atoms with E-state index < -0.39 is 0 Å². The third kappa shape index (κ3) is 3.92. The summed E-state index contributed by atoms with van der Waals surface area (Å²) in [5.41, 5.74) is 6.91. The van der Waals surface area contributed by atoms with Crippen LogP contribution in [0.4, 0.5) is 0 Å². The van der Waals surface area contributed by atoms with Crippen molar-refractivity contribution >= 4 is 5.96 Å². The Morgan fingerprint density at radius 1 is 1.69 bits per heavy atom. The molecule has 0 aliphatic rings. The van der Waals surface area contributed by atoms with Crippen LogP contribution in [0.25, 0.3) is 0 Å². The maximum absolute atomic E-state index is 5.74. The van der Waals surface area contributed by atoms with Gasteiger partial charge >= 0.3 is 0 Å². The highest BCUT2D eigenvalue weighted by atomic mass is 15.3. The molecule has 1 atom stereocenters. The standard InChI is InChI=1S/C11H21N5/c1-4-9(2)15-11(12)13-7-5-10-6-8-14-16(10)3/h6,8-9H,4-5,7H2,1-3H3,(H3,12,13,15). The van der Waals surface area contributed by atoms with Gasteiger partial charge in [-0.3, -0.25) is 9.67 Å². The number of aromatic nitrogens is 2. The average Bonchev–Trinajstić information content (AvgIpc) is 2.64. The van der Waals surface area contributed by atoms with Crippen LogP contribution in [-0.2, 0) is 13.5 Å². The fourth-order valence-electron chi connectivity index (χ4n) is 1.34. The number of guanidine groups is 1. The zero-order chi connectivity index (χ0) is 12.0. The summed E-state index contributed by atoms with van der Waals surface area (Å²) in [6.07, 6.45) is 3.69.